The van der Waals surface area contributed by atoms with E-state index in [9.17, 15) is 40.0 Å². The van der Waals surface area contributed by atoms with E-state index < -0.39 is 45.2 Å². The molecule has 0 saturated carbocycles. The van der Waals surface area contributed by atoms with Crippen LogP contribution in [0.1, 0.15) is 13.3 Å². The van der Waals surface area contributed by atoms with Crippen LogP contribution >= 0.6 is 0 Å². The van der Waals surface area contributed by atoms with Crippen LogP contribution in [-0.2, 0) is 10.0 Å². The molecule has 5 nitrogen and oxygen atoms in total. The lowest BCUT2D eigenvalue weighted by atomic mass is 10.2. The zero-order valence-corrected chi connectivity index (χ0v) is 13.2. The summed E-state index contributed by atoms with van der Waals surface area (Å²) >= 11 is 0. The number of sulfonamides is 1. The van der Waals surface area contributed by atoms with E-state index in [1.165, 1.54) is 14.1 Å². The Bertz CT molecular complexity index is 484. The molecule has 134 valence electrons. The van der Waals surface area contributed by atoms with Gasteiger partial charge in [0.2, 0.25) is 0 Å². The van der Waals surface area contributed by atoms with Crippen molar-refractivity contribution in [2.45, 2.75) is 30.4 Å². The van der Waals surface area contributed by atoms with Crippen molar-refractivity contribution in [3.05, 3.63) is 5.21 Å². The average Bonchev–Trinajstić information content (AvgIpc) is 2.24. The van der Waals surface area contributed by atoms with E-state index in [0.717, 1.165) is 0 Å². The van der Waals surface area contributed by atoms with Crippen LogP contribution in [0.3, 0.4) is 0 Å². The van der Waals surface area contributed by atoms with Crippen LogP contribution < -0.4 is 0 Å². The Morgan fingerprint density at radius 2 is 1.50 bits per heavy atom. The predicted octanol–water partition coefficient (Wildman–Crippen LogP) is 2.10. The van der Waals surface area contributed by atoms with Crippen LogP contribution in [0.2, 0.25) is 0 Å². The highest BCUT2D eigenvalue weighted by atomic mass is 32.2. The van der Waals surface area contributed by atoms with E-state index in [-0.39, 0.29) is 17.3 Å². The van der Waals surface area contributed by atoms with Crippen molar-refractivity contribution in [1.29, 1.82) is 0 Å². The van der Waals surface area contributed by atoms with Gasteiger partial charge in [-0.05, 0) is 0 Å². The molecule has 0 unspecified atom stereocenters. The van der Waals surface area contributed by atoms with Gasteiger partial charge in [0.1, 0.15) is 0 Å². The molecular weight excluding hydrogens is 342 g/mol. The first kappa shape index (κ1) is 21.4. The third-order valence-corrected chi connectivity index (χ3v) is 4.73. The maximum atomic E-state index is 13.5. The standard InChI is InChI=1S/C10H18F6N2O3S/c1-8(11,12)9(13,14)10(15,16)22(20,21)17(2)6-5-7-18(3,4)19/h5-7H2,1-4H3. The summed E-state index contributed by atoms with van der Waals surface area (Å²) in [5.74, 6) is -11.3. The second-order valence-corrected chi connectivity index (χ2v) is 7.54. The summed E-state index contributed by atoms with van der Waals surface area (Å²) in [6.45, 7) is -1.35. The summed E-state index contributed by atoms with van der Waals surface area (Å²) in [7, 11) is -3.08. The van der Waals surface area contributed by atoms with Gasteiger partial charge < -0.3 is 9.85 Å². The zero-order valence-electron chi connectivity index (χ0n) is 12.4. The highest BCUT2D eigenvalue weighted by molar-refractivity contribution is 7.90. The van der Waals surface area contributed by atoms with Crippen molar-refractivity contribution in [3.63, 3.8) is 0 Å². The average molecular weight is 360 g/mol. The number of hydrogen-bond donors (Lipinski definition) is 0. The second-order valence-electron chi connectivity index (χ2n) is 5.46. The van der Waals surface area contributed by atoms with Gasteiger partial charge in [0.05, 0.1) is 20.6 Å². The lowest BCUT2D eigenvalue weighted by Crippen LogP contribution is -2.59. The molecule has 0 amide bonds. The van der Waals surface area contributed by atoms with E-state index in [4.69, 9.17) is 0 Å². The lowest BCUT2D eigenvalue weighted by molar-refractivity contribution is -0.840. The Labute approximate surface area is 124 Å². The second kappa shape index (κ2) is 6.13. The third-order valence-electron chi connectivity index (χ3n) is 2.82. The molecule has 0 spiro atoms. The largest absolute Gasteiger partial charge is 0.633 e. The Kier molecular flexibility index (Phi) is 5.97. The fourth-order valence-electron chi connectivity index (χ4n) is 1.41. The van der Waals surface area contributed by atoms with Crippen LogP contribution in [0.15, 0.2) is 0 Å². The van der Waals surface area contributed by atoms with E-state index in [1.807, 2.05) is 0 Å². The molecule has 22 heavy (non-hydrogen) atoms. The fourth-order valence-corrected chi connectivity index (χ4v) is 2.67. The minimum absolute atomic E-state index is 0.150. The highest BCUT2D eigenvalue weighted by Gasteiger charge is 2.76. The molecule has 0 bridgehead atoms. The molecule has 0 radical (unpaired) electrons. The van der Waals surface area contributed by atoms with Crippen molar-refractivity contribution >= 4 is 10.0 Å². The fraction of sp³-hybridized carbons (Fsp3) is 1.00. The Morgan fingerprint density at radius 1 is 1.09 bits per heavy atom. The molecule has 0 aromatic carbocycles. The van der Waals surface area contributed by atoms with Gasteiger partial charge in [-0.15, -0.1) is 0 Å². The molecule has 0 N–H and O–H groups in total. The number of halogens is 6. The summed E-state index contributed by atoms with van der Waals surface area (Å²) in [6.07, 6.45) is -0.212. The van der Waals surface area contributed by atoms with Crippen LogP contribution in [0, 0.1) is 5.21 Å². The van der Waals surface area contributed by atoms with Gasteiger partial charge in [0, 0.05) is 26.9 Å². The third kappa shape index (κ3) is 4.24. The SMILES string of the molecule is CN(CCC[N+](C)(C)[O-])S(=O)(=O)C(F)(F)C(F)(F)C(C)(F)F. The molecule has 0 heterocycles. The van der Waals surface area contributed by atoms with Crippen molar-refractivity contribution in [1.82, 2.24) is 4.31 Å². The van der Waals surface area contributed by atoms with Crippen molar-refractivity contribution in [2.24, 2.45) is 0 Å². The quantitative estimate of drug-likeness (QED) is 0.378. The molecular formula is C10H18F6N2O3S. The molecule has 0 aromatic heterocycles. The monoisotopic (exact) mass is 360 g/mol. The molecule has 0 rings (SSSR count). The van der Waals surface area contributed by atoms with Gasteiger partial charge >= 0.3 is 17.1 Å². The van der Waals surface area contributed by atoms with E-state index in [2.05, 4.69) is 0 Å². The summed E-state index contributed by atoms with van der Waals surface area (Å²) in [4.78, 5) is 0. The maximum Gasteiger partial charge on any atom is 0.427 e. The number of rotatable bonds is 8. The Hall–Kier alpha value is -0.590. The molecule has 0 aliphatic heterocycles. The Balaban J connectivity index is 5.29. The van der Waals surface area contributed by atoms with Crippen LogP contribution in [0.4, 0.5) is 26.3 Å². The number of hydroxylamine groups is 3. The number of nitrogens with zero attached hydrogens (tertiary/aromatic N) is 2. The normalized spacial score (nSPS) is 15.5. The number of hydrogen-bond acceptors (Lipinski definition) is 3. The van der Waals surface area contributed by atoms with Crippen LogP contribution in [-0.4, -0.2) is 68.7 Å². The molecule has 12 heteroatoms. The first-order valence-corrected chi connectivity index (χ1v) is 7.45. The lowest BCUT2D eigenvalue weighted by Gasteiger charge is -2.35. The summed E-state index contributed by atoms with van der Waals surface area (Å²) < 4.78 is 100. The molecule has 0 atom stereocenters. The van der Waals surface area contributed by atoms with E-state index in [0.29, 0.717) is 7.05 Å². The van der Waals surface area contributed by atoms with Gasteiger partial charge in [-0.25, -0.2) is 8.42 Å². The van der Waals surface area contributed by atoms with Crippen molar-refractivity contribution in [2.75, 3.05) is 34.2 Å². The van der Waals surface area contributed by atoms with Gasteiger partial charge in [0.25, 0.3) is 10.0 Å². The number of quaternary nitrogens is 1. The molecule has 0 saturated heterocycles. The van der Waals surface area contributed by atoms with Gasteiger partial charge in [-0.1, -0.05) is 0 Å². The highest BCUT2D eigenvalue weighted by Crippen LogP contribution is 2.48. The first-order valence-electron chi connectivity index (χ1n) is 6.01. The maximum absolute atomic E-state index is 13.5. The first-order chi connectivity index (χ1) is 9.38. The molecule has 0 aliphatic rings. The molecule has 0 aromatic rings. The minimum atomic E-state index is -6.08. The summed E-state index contributed by atoms with van der Waals surface area (Å²) in [6, 6.07) is 0. The van der Waals surface area contributed by atoms with Crippen molar-refractivity contribution in [3.8, 4) is 0 Å². The molecule has 0 fully saturated rings. The van der Waals surface area contributed by atoms with Gasteiger partial charge in [-0.2, -0.15) is 30.6 Å². The number of alkyl halides is 6. The van der Waals surface area contributed by atoms with Gasteiger partial charge in [0.15, 0.2) is 0 Å². The van der Waals surface area contributed by atoms with Crippen LogP contribution in [0.25, 0.3) is 0 Å². The minimum Gasteiger partial charge on any atom is -0.633 e. The summed E-state index contributed by atoms with van der Waals surface area (Å²) in [5, 5.41) is 5.23. The topological polar surface area (TPSA) is 60.4 Å². The molecule has 0 aliphatic carbocycles. The van der Waals surface area contributed by atoms with Crippen LogP contribution in [0.5, 0.6) is 0 Å². The Morgan fingerprint density at radius 3 is 1.82 bits per heavy atom. The smallest absolute Gasteiger partial charge is 0.427 e. The van der Waals surface area contributed by atoms with E-state index >= 15 is 0 Å². The summed E-state index contributed by atoms with van der Waals surface area (Å²) in [5.41, 5.74) is 0. The van der Waals surface area contributed by atoms with Gasteiger partial charge in [-0.3, -0.25) is 0 Å². The van der Waals surface area contributed by atoms with E-state index in [1.54, 1.807) is 0 Å². The zero-order chi connectivity index (χ0) is 18.2. The predicted molar refractivity (Wildman–Crippen MR) is 67.0 cm³/mol. The van der Waals surface area contributed by atoms with Crippen molar-refractivity contribution < 1.29 is 39.4 Å².